The second kappa shape index (κ2) is 9.31. The molecule has 0 radical (unpaired) electrons. The fraction of sp³-hybridized carbons (Fsp3) is 0.458. The number of nitrogens with zero attached hydrogens (tertiary/aromatic N) is 1. The van der Waals surface area contributed by atoms with Gasteiger partial charge in [0.05, 0.1) is 10.9 Å². The summed E-state index contributed by atoms with van der Waals surface area (Å²) in [4.78, 5) is 13.2. The lowest BCUT2D eigenvalue weighted by Crippen LogP contribution is -2.33. The fourth-order valence-electron chi connectivity index (χ4n) is 4.02. The molecule has 1 heterocycles. The molecule has 0 saturated carbocycles. The number of amides is 1. The third-order valence-corrected chi connectivity index (χ3v) is 7.92. The molecule has 0 aromatic heterocycles. The van der Waals surface area contributed by atoms with Crippen molar-refractivity contribution in [2.75, 3.05) is 13.1 Å². The van der Waals surface area contributed by atoms with E-state index in [2.05, 4.69) is 11.4 Å². The van der Waals surface area contributed by atoms with Gasteiger partial charge < -0.3 is 5.32 Å². The molecule has 2 aromatic rings. The molecule has 1 saturated heterocycles. The average molecular weight is 429 g/mol. The Hall–Kier alpha value is -2.18. The number of sulfonamides is 1. The van der Waals surface area contributed by atoms with Gasteiger partial charge in [0.2, 0.25) is 10.0 Å². The molecule has 1 unspecified atom stereocenters. The van der Waals surface area contributed by atoms with Crippen LogP contribution < -0.4 is 5.32 Å². The Bertz CT molecular complexity index is 1020. The van der Waals surface area contributed by atoms with Crippen molar-refractivity contribution in [3.05, 3.63) is 64.2 Å². The summed E-state index contributed by atoms with van der Waals surface area (Å²) in [6, 6.07) is 10.9. The van der Waals surface area contributed by atoms with Gasteiger partial charge in [0.1, 0.15) is 0 Å². The Morgan fingerprint density at radius 1 is 0.933 bits per heavy atom. The zero-order valence-corrected chi connectivity index (χ0v) is 19.2. The van der Waals surface area contributed by atoms with E-state index in [1.807, 2.05) is 32.9 Å². The van der Waals surface area contributed by atoms with Crippen molar-refractivity contribution < 1.29 is 13.2 Å². The first-order valence-electron chi connectivity index (χ1n) is 10.7. The van der Waals surface area contributed by atoms with Crippen LogP contribution in [0, 0.1) is 20.8 Å². The van der Waals surface area contributed by atoms with Crippen LogP contribution in [-0.2, 0) is 10.0 Å². The molecule has 1 atom stereocenters. The highest BCUT2D eigenvalue weighted by Crippen LogP contribution is 2.25. The molecule has 6 heteroatoms. The van der Waals surface area contributed by atoms with Crippen LogP contribution in [-0.4, -0.2) is 31.7 Å². The van der Waals surface area contributed by atoms with Crippen molar-refractivity contribution in [3.8, 4) is 0 Å². The lowest BCUT2D eigenvalue weighted by Gasteiger charge is -2.22. The maximum atomic E-state index is 13.3. The van der Waals surface area contributed by atoms with Crippen molar-refractivity contribution in [1.29, 1.82) is 0 Å². The van der Waals surface area contributed by atoms with Gasteiger partial charge in [-0.2, -0.15) is 4.31 Å². The van der Waals surface area contributed by atoms with E-state index < -0.39 is 10.0 Å². The van der Waals surface area contributed by atoms with Crippen molar-refractivity contribution >= 4 is 15.9 Å². The molecule has 0 bridgehead atoms. The predicted octanol–water partition coefficient (Wildman–Crippen LogP) is 4.67. The average Bonchev–Trinajstić information content (AvgIpc) is 3.00. The molecular formula is C24H32N2O3S. The third-order valence-electron chi connectivity index (χ3n) is 5.88. The molecule has 30 heavy (non-hydrogen) atoms. The Morgan fingerprint density at radius 3 is 2.23 bits per heavy atom. The topological polar surface area (TPSA) is 66.5 Å². The van der Waals surface area contributed by atoms with Gasteiger partial charge in [0.15, 0.2) is 0 Å². The number of aryl methyl sites for hydroxylation is 3. The van der Waals surface area contributed by atoms with Gasteiger partial charge in [-0.3, -0.25) is 4.79 Å². The first-order valence-corrected chi connectivity index (χ1v) is 12.1. The number of hydrogen-bond donors (Lipinski definition) is 1. The van der Waals surface area contributed by atoms with Gasteiger partial charge in [-0.1, -0.05) is 42.7 Å². The van der Waals surface area contributed by atoms with Gasteiger partial charge in [-0.15, -0.1) is 0 Å². The molecular weight excluding hydrogens is 396 g/mol. The van der Waals surface area contributed by atoms with Crippen LogP contribution in [0.25, 0.3) is 0 Å². The quantitative estimate of drug-likeness (QED) is 0.753. The summed E-state index contributed by atoms with van der Waals surface area (Å²) < 4.78 is 28.1. The van der Waals surface area contributed by atoms with Gasteiger partial charge in [-0.05, 0) is 69.4 Å². The van der Waals surface area contributed by atoms with Crippen molar-refractivity contribution in [2.45, 2.75) is 64.3 Å². The van der Waals surface area contributed by atoms with Crippen LogP contribution in [0.2, 0.25) is 0 Å². The minimum atomic E-state index is -3.61. The number of hydrogen-bond acceptors (Lipinski definition) is 3. The number of rotatable bonds is 5. The lowest BCUT2D eigenvalue weighted by atomic mass is 9.99. The van der Waals surface area contributed by atoms with E-state index in [4.69, 9.17) is 0 Å². The van der Waals surface area contributed by atoms with Crippen LogP contribution >= 0.6 is 0 Å². The van der Waals surface area contributed by atoms with Gasteiger partial charge >= 0.3 is 0 Å². The first-order chi connectivity index (χ1) is 14.2. The molecule has 5 nitrogen and oxygen atoms in total. The molecule has 1 aliphatic heterocycles. The normalized spacial score (nSPS) is 16.7. The van der Waals surface area contributed by atoms with Gasteiger partial charge in [0.25, 0.3) is 5.91 Å². The van der Waals surface area contributed by atoms with Crippen LogP contribution in [0.4, 0.5) is 0 Å². The van der Waals surface area contributed by atoms with E-state index in [0.717, 1.165) is 42.4 Å². The number of carbonyl (C=O) groups is 1. The molecule has 1 aliphatic rings. The van der Waals surface area contributed by atoms with Gasteiger partial charge in [0, 0.05) is 18.7 Å². The smallest absolute Gasteiger partial charge is 0.251 e. The van der Waals surface area contributed by atoms with E-state index in [-0.39, 0.29) is 16.8 Å². The Labute approximate surface area is 180 Å². The first kappa shape index (κ1) is 22.5. The van der Waals surface area contributed by atoms with Crippen LogP contribution in [0.1, 0.15) is 71.3 Å². The molecule has 162 valence electrons. The minimum Gasteiger partial charge on any atom is -0.346 e. The van der Waals surface area contributed by atoms with E-state index in [1.165, 1.54) is 6.07 Å². The van der Waals surface area contributed by atoms with Crippen LogP contribution in [0.3, 0.4) is 0 Å². The maximum absolute atomic E-state index is 13.3. The second-order valence-corrected chi connectivity index (χ2v) is 10.3. The summed E-state index contributed by atoms with van der Waals surface area (Å²) in [6.45, 7) is 8.87. The summed E-state index contributed by atoms with van der Waals surface area (Å²) in [5.74, 6) is -0.268. The Morgan fingerprint density at radius 2 is 1.57 bits per heavy atom. The minimum absolute atomic E-state index is 0.177. The van der Waals surface area contributed by atoms with E-state index in [1.54, 1.807) is 23.4 Å². The van der Waals surface area contributed by atoms with E-state index in [9.17, 15) is 13.2 Å². The lowest BCUT2D eigenvalue weighted by molar-refractivity contribution is 0.0939. The van der Waals surface area contributed by atoms with E-state index in [0.29, 0.717) is 24.2 Å². The monoisotopic (exact) mass is 428 g/mol. The molecule has 1 fully saturated rings. The SMILES string of the molecule is Cc1ccc(C)c(C(C)NC(=O)c2ccc(C)c(S(=O)(=O)N3CCCCCC3)c2)c1. The summed E-state index contributed by atoms with van der Waals surface area (Å²) in [7, 11) is -3.61. The van der Waals surface area contributed by atoms with Gasteiger partial charge in [-0.25, -0.2) is 8.42 Å². The van der Waals surface area contributed by atoms with Crippen LogP contribution in [0.5, 0.6) is 0 Å². The molecule has 0 spiro atoms. The highest BCUT2D eigenvalue weighted by Gasteiger charge is 2.27. The Kier molecular flexibility index (Phi) is 6.98. The highest BCUT2D eigenvalue weighted by atomic mass is 32.2. The van der Waals surface area contributed by atoms with Crippen molar-refractivity contribution in [2.24, 2.45) is 0 Å². The summed E-state index contributed by atoms with van der Waals surface area (Å²) in [5.41, 5.74) is 4.34. The molecule has 1 N–H and O–H groups in total. The standard InChI is InChI=1S/C24H32N2O3S/c1-17-9-10-18(2)22(15-17)20(4)25-24(27)21-12-11-19(3)23(16-21)30(28,29)26-13-7-5-6-8-14-26/h9-12,15-16,20H,5-8,13-14H2,1-4H3,(H,25,27). The van der Waals surface area contributed by atoms with Crippen molar-refractivity contribution in [3.63, 3.8) is 0 Å². The van der Waals surface area contributed by atoms with Crippen molar-refractivity contribution in [1.82, 2.24) is 9.62 Å². The number of benzene rings is 2. The number of carbonyl (C=O) groups excluding carboxylic acids is 1. The number of nitrogens with one attached hydrogen (secondary N) is 1. The fourth-order valence-corrected chi connectivity index (χ4v) is 5.79. The third kappa shape index (κ3) is 4.93. The van der Waals surface area contributed by atoms with Crippen LogP contribution in [0.15, 0.2) is 41.3 Å². The van der Waals surface area contributed by atoms with E-state index >= 15 is 0 Å². The Balaban J connectivity index is 1.85. The largest absolute Gasteiger partial charge is 0.346 e. The molecule has 3 rings (SSSR count). The summed E-state index contributed by atoms with van der Waals surface area (Å²) in [5, 5.41) is 3.02. The second-order valence-electron chi connectivity index (χ2n) is 8.35. The molecule has 2 aromatic carbocycles. The highest BCUT2D eigenvalue weighted by molar-refractivity contribution is 7.89. The summed E-state index contributed by atoms with van der Waals surface area (Å²) in [6.07, 6.45) is 3.88. The predicted molar refractivity (Wildman–Crippen MR) is 120 cm³/mol. The molecule has 1 amide bonds. The summed E-state index contributed by atoms with van der Waals surface area (Å²) >= 11 is 0. The zero-order chi connectivity index (χ0) is 21.9. The molecule has 0 aliphatic carbocycles. The zero-order valence-electron chi connectivity index (χ0n) is 18.4. The maximum Gasteiger partial charge on any atom is 0.251 e.